The van der Waals surface area contributed by atoms with Crippen LogP contribution in [0.3, 0.4) is 0 Å². The summed E-state index contributed by atoms with van der Waals surface area (Å²) < 4.78 is 39.3. The van der Waals surface area contributed by atoms with Gasteiger partial charge in [-0.25, -0.2) is 12.8 Å². The van der Waals surface area contributed by atoms with Crippen molar-refractivity contribution in [2.75, 3.05) is 46.5 Å². The van der Waals surface area contributed by atoms with Gasteiger partial charge in [0.1, 0.15) is 5.82 Å². The third-order valence-corrected chi connectivity index (χ3v) is 5.94. The van der Waals surface area contributed by atoms with E-state index in [4.69, 9.17) is 0 Å². The van der Waals surface area contributed by atoms with Crippen LogP contribution < -0.4 is 14.5 Å². The first-order valence-electron chi connectivity index (χ1n) is 8.83. The lowest BCUT2D eigenvalue weighted by molar-refractivity contribution is 0.600. The van der Waals surface area contributed by atoms with Gasteiger partial charge in [-0.15, -0.1) is 0 Å². The highest BCUT2D eigenvalue weighted by Gasteiger charge is 2.18. The summed E-state index contributed by atoms with van der Waals surface area (Å²) in [5.41, 5.74) is 2.70. The summed E-state index contributed by atoms with van der Waals surface area (Å²) >= 11 is 0. The predicted octanol–water partition coefficient (Wildman–Crippen LogP) is 3.30. The Hall–Kier alpha value is -2.28. The topological polar surface area (TPSA) is 52.7 Å². The number of benzene rings is 2. The molecule has 2 aromatic rings. The van der Waals surface area contributed by atoms with Gasteiger partial charge in [0.2, 0.25) is 10.0 Å². The van der Waals surface area contributed by atoms with Crippen molar-refractivity contribution in [3.05, 3.63) is 54.3 Å². The number of nitrogens with zero attached hydrogens (tertiary/aromatic N) is 2. The van der Waals surface area contributed by atoms with Crippen LogP contribution in [0.5, 0.6) is 0 Å². The van der Waals surface area contributed by atoms with E-state index in [2.05, 4.69) is 14.5 Å². The van der Waals surface area contributed by atoms with Crippen LogP contribution in [0.25, 0.3) is 0 Å². The Balaban J connectivity index is 1.58. The van der Waals surface area contributed by atoms with Crippen molar-refractivity contribution < 1.29 is 12.8 Å². The van der Waals surface area contributed by atoms with E-state index in [9.17, 15) is 12.8 Å². The molecule has 3 rings (SSSR count). The summed E-state index contributed by atoms with van der Waals surface area (Å²) in [4.78, 5) is 4.51. The van der Waals surface area contributed by atoms with E-state index in [1.165, 1.54) is 12.1 Å². The minimum Gasteiger partial charge on any atom is -0.368 e. The number of sulfonamides is 1. The maximum atomic E-state index is 13.0. The summed E-state index contributed by atoms with van der Waals surface area (Å²) in [6.45, 7) is 5.28. The first-order valence-corrected chi connectivity index (χ1v) is 10.5. The molecule has 0 saturated carbocycles. The SMILES string of the molecule is CCCS(=O)(=O)Nc1ccc(N2CCN(c3ccc(F)cc3)CC2)cc1. The van der Waals surface area contributed by atoms with E-state index in [1.54, 1.807) is 12.1 Å². The molecule has 0 amide bonds. The lowest BCUT2D eigenvalue weighted by Crippen LogP contribution is -2.46. The molecule has 2 aromatic carbocycles. The Morgan fingerprint density at radius 2 is 1.35 bits per heavy atom. The standard InChI is InChI=1S/C19H24FN3O2S/c1-2-15-26(24,25)21-17-5-9-19(10-6-17)23-13-11-22(12-14-23)18-7-3-16(20)4-8-18/h3-10,21H,2,11-15H2,1H3. The summed E-state index contributed by atoms with van der Waals surface area (Å²) in [5.74, 6) is -0.0952. The summed E-state index contributed by atoms with van der Waals surface area (Å²) in [7, 11) is -3.26. The molecule has 140 valence electrons. The molecule has 1 fully saturated rings. The molecule has 0 radical (unpaired) electrons. The number of anilines is 3. The van der Waals surface area contributed by atoms with Crippen molar-refractivity contribution in [2.24, 2.45) is 0 Å². The Morgan fingerprint density at radius 1 is 0.885 bits per heavy atom. The fourth-order valence-corrected chi connectivity index (χ4v) is 4.25. The molecule has 5 nitrogen and oxygen atoms in total. The molecule has 0 atom stereocenters. The van der Waals surface area contributed by atoms with Crippen LogP contribution in [-0.2, 0) is 10.0 Å². The largest absolute Gasteiger partial charge is 0.368 e. The van der Waals surface area contributed by atoms with Gasteiger partial charge >= 0.3 is 0 Å². The van der Waals surface area contributed by atoms with Crippen molar-refractivity contribution in [2.45, 2.75) is 13.3 Å². The van der Waals surface area contributed by atoms with Crippen LogP contribution in [0.15, 0.2) is 48.5 Å². The summed E-state index contributed by atoms with van der Waals surface area (Å²) in [6, 6.07) is 14.1. The molecule has 26 heavy (non-hydrogen) atoms. The molecular weight excluding hydrogens is 353 g/mol. The fourth-order valence-electron chi connectivity index (χ4n) is 3.11. The molecule has 1 N–H and O–H groups in total. The highest BCUT2D eigenvalue weighted by Crippen LogP contribution is 2.22. The molecule has 0 aliphatic carbocycles. The monoisotopic (exact) mass is 377 g/mol. The minimum absolute atomic E-state index is 0.125. The molecule has 1 aliphatic rings. The summed E-state index contributed by atoms with van der Waals surface area (Å²) in [6.07, 6.45) is 0.589. The van der Waals surface area contributed by atoms with Crippen LogP contribution in [0.4, 0.5) is 21.5 Å². The fraction of sp³-hybridized carbons (Fsp3) is 0.368. The van der Waals surface area contributed by atoms with E-state index in [1.807, 2.05) is 31.2 Å². The second kappa shape index (κ2) is 7.95. The Kier molecular flexibility index (Phi) is 5.66. The number of halogens is 1. The third kappa shape index (κ3) is 4.66. The van der Waals surface area contributed by atoms with Crippen LogP contribution in [-0.4, -0.2) is 40.3 Å². The molecule has 7 heteroatoms. The van der Waals surface area contributed by atoms with Crippen molar-refractivity contribution >= 4 is 27.1 Å². The predicted molar refractivity (Wildman–Crippen MR) is 105 cm³/mol. The molecule has 0 aromatic heterocycles. The molecular formula is C19H24FN3O2S. The quantitative estimate of drug-likeness (QED) is 0.839. The first kappa shape index (κ1) is 18.5. The van der Waals surface area contributed by atoms with Gasteiger partial charge in [0, 0.05) is 43.2 Å². The maximum Gasteiger partial charge on any atom is 0.232 e. The Labute approximate surface area is 154 Å². The number of piperazine rings is 1. The van der Waals surface area contributed by atoms with Crippen molar-refractivity contribution in [3.8, 4) is 0 Å². The van der Waals surface area contributed by atoms with E-state index in [-0.39, 0.29) is 11.6 Å². The van der Waals surface area contributed by atoms with Crippen LogP contribution in [0.1, 0.15) is 13.3 Å². The van der Waals surface area contributed by atoms with E-state index < -0.39 is 10.0 Å². The van der Waals surface area contributed by atoms with Gasteiger partial charge in [0.15, 0.2) is 0 Å². The first-order chi connectivity index (χ1) is 12.5. The van der Waals surface area contributed by atoms with Gasteiger partial charge in [-0.1, -0.05) is 6.92 Å². The zero-order valence-corrected chi connectivity index (χ0v) is 15.7. The molecule has 1 saturated heterocycles. The van der Waals surface area contributed by atoms with Gasteiger partial charge in [0.25, 0.3) is 0 Å². The van der Waals surface area contributed by atoms with Gasteiger partial charge in [-0.3, -0.25) is 4.72 Å². The molecule has 1 aliphatic heterocycles. The van der Waals surface area contributed by atoms with E-state index >= 15 is 0 Å². The normalized spacial score (nSPS) is 15.2. The average Bonchev–Trinajstić information content (AvgIpc) is 2.63. The van der Waals surface area contributed by atoms with Crippen molar-refractivity contribution in [3.63, 3.8) is 0 Å². The Morgan fingerprint density at radius 3 is 1.81 bits per heavy atom. The highest BCUT2D eigenvalue weighted by molar-refractivity contribution is 7.92. The van der Waals surface area contributed by atoms with Crippen molar-refractivity contribution in [1.82, 2.24) is 0 Å². The highest BCUT2D eigenvalue weighted by atomic mass is 32.2. The van der Waals surface area contributed by atoms with Crippen LogP contribution in [0, 0.1) is 5.82 Å². The molecule has 0 spiro atoms. The number of hydrogen-bond acceptors (Lipinski definition) is 4. The molecule has 0 unspecified atom stereocenters. The van der Waals surface area contributed by atoms with E-state index in [0.717, 1.165) is 37.6 Å². The Bertz CT molecular complexity index is 815. The summed E-state index contributed by atoms with van der Waals surface area (Å²) in [5, 5.41) is 0. The number of hydrogen-bond donors (Lipinski definition) is 1. The number of rotatable bonds is 6. The van der Waals surface area contributed by atoms with E-state index in [0.29, 0.717) is 12.1 Å². The zero-order chi connectivity index (χ0) is 18.6. The zero-order valence-electron chi connectivity index (χ0n) is 14.9. The third-order valence-electron chi connectivity index (χ3n) is 4.45. The molecule has 0 bridgehead atoms. The van der Waals surface area contributed by atoms with Crippen molar-refractivity contribution in [1.29, 1.82) is 0 Å². The second-order valence-electron chi connectivity index (χ2n) is 6.42. The van der Waals surface area contributed by atoms with Gasteiger partial charge in [-0.05, 0) is 55.0 Å². The molecule has 1 heterocycles. The smallest absolute Gasteiger partial charge is 0.232 e. The number of nitrogens with one attached hydrogen (secondary N) is 1. The van der Waals surface area contributed by atoms with Gasteiger partial charge in [-0.2, -0.15) is 0 Å². The second-order valence-corrected chi connectivity index (χ2v) is 8.26. The van der Waals surface area contributed by atoms with Crippen LogP contribution in [0.2, 0.25) is 0 Å². The average molecular weight is 377 g/mol. The van der Waals surface area contributed by atoms with Gasteiger partial charge in [0.05, 0.1) is 5.75 Å². The minimum atomic E-state index is -3.26. The van der Waals surface area contributed by atoms with Gasteiger partial charge < -0.3 is 9.80 Å². The van der Waals surface area contributed by atoms with Crippen LogP contribution >= 0.6 is 0 Å². The lowest BCUT2D eigenvalue weighted by atomic mass is 10.2. The maximum absolute atomic E-state index is 13.0. The lowest BCUT2D eigenvalue weighted by Gasteiger charge is -2.37.